The van der Waals surface area contributed by atoms with Crippen molar-refractivity contribution < 1.29 is 0 Å². The lowest BCUT2D eigenvalue weighted by Gasteiger charge is -2.06. The summed E-state index contributed by atoms with van der Waals surface area (Å²) >= 11 is 0. The zero-order chi connectivity index (χ0) is 13.3. The van der Waals surface area contributed by atoms with Gasteiger partial charge in [-0.25, -0.2) is 4.98 Å². The maximum absolute atomic E-state index is 4.31. The van der Waals surface area contributed by atoms with Crippen molar-refractivity contribution in [3.8, 4) is 0 Å². The summed E-state index contributed by atoms with van der Waals surface area (Å²) in [6.07, 6.45) is 8.41. The minimum atomic E-state index is 0.955. The zero-order valence-electron chi connectivity index (χ0n) is 11.3. The number of nitrogens with one attached hydrogen (secondary N) is 1. The van der Waals surface area contributed by atoms with Gasteiger partial charge in [-0.1, -0.05) is 48.6 Å². The van der Waals surface area contributed by atoms with Gasteiger partial charge in [0.05, 0.1) is 0 Å². The van der Waals surface area contributed by atoms with Crippen LogP contribution in [-0.4, -0.2) is 11.5 Å². The van der Waals surface area contributed by atoms with Gasteiger partial charge < -0.3 is 5.32 Å². The summed E-state index contributed by atoms with van der Waals surface area (Å²) < 4.78 is 0. The van der Waals surface area contributed by atoms with Crippen molar-refractivity contribution in [1.82, 2.24) is 4.98 Å². The lowest BCUT2D eigenvalue weighted by molar-refractivity contribution is 0.885. The smallest absolute Gasteiger partial charge is 0.128 e. The molecular weight excluding hydrogens is 232 g/mol. The van der Waals surface area contributed by atoms with Crippen molar-refractivity contribution in [2.45, 2.75) is 19.8 Å². The first-order valence-electron chi connectivity index (χ1n) is 6.73. The fourth-order valence-electron chi connectivity index (χ4n) is 1.88. The van der Waals surface area contributed by atoms with E-state index in [1.807, 2.05) is 18.3 Å². The molecule has 2 aromatic rings. The van der Waals surface area contributed by atoms with E-state index in [9.17, 15) is 0 Å². The molecule has 0 radical (unpaired) electrons. The second-order valence-electron chi connectivity index (χ2n) is 4.55. The van der Waals surface area contributed by atoms with Gasteiger partial charge in [0.15, 0.2) is 0 Å². The highest BCUT2D eigenvalue weighted by Gasteiger charge is 1.95. The number of aromatic nitrogens is 1. The van der Waals surface area contributed by atoms with Gasteiger partial charge >= 0.3 is 0 Å². The van der Waals surface area contributed by atoms with E-state index in [0.717, 1.165) is 25.2 Å². The number of anilines is 1. The van der Waals surface area contributed by atoms with Crippen molar-refractivity contribution in [2.75, 3.05) is 11.9 Å². The molecule has 0 aliphatic carbocycles. The number of aryl methyl sites for hydroxylation is 1. The Morgan fingerprint density at radius 2 is 1.95 bits per heavy atom. The molecule has 0 spiro atoms. The number of unbranched alkanes of at least 4 members (excludes halogenated alkanes) is 1. The molecule has 2 heteroatoms. The van der Waals surface area contributed by atoms with Crippen LogP contribution in [0.15, 0.2) is 54.7 Å². The molecule has 0 amide bonds. The third-order valence-electron chi connectivity index (χ3n) is 2.96. The lowest BCUT2D eigenvalue weighted by Crippen LogP contribution is -2.04. The highest BCUT2D eigenvalue weighted by atomic mass is 15.0. The Morgan fingerprint density at radius 3 is 2.74 bits per heavy atom. The van der Waals surface area contributed by atoms with Crippen molar-refractivity contribution >= 4 is 11.9 Å². The Labute approximate surface area is 115 Å². The first kappa shape index (κ1) is 13.3. The first-order chi connectivity index (χ1) is 9.36. The Morgan fingerprint density at radius 1 is 1.11 bits per heavy atom. The van der Waals surface area contributed by atoms with Crippen LogP contribution in [0.3, 0.4) is 0 Å². The molecule has 0 aliphatic rings. The molecule has 1 N–H and O–H groups in total. The summed E-state index contributed by atoms with van der Waals surface area (Å²) in [5.74, 6) is 0.995. The van der Waals surface area contributed by atoms with Gasteiger partial charge in [-0.15, -0.1) is 0 Å². The number of nitrogens with zero attached hydrogens (tertiary/aromatic N) is 1. The average Bonchev–Trinajstić information content (AvgIpc) is 2.45. The van der Waals surface area contributed by atoms with Crippen LogP contribution in [0.4, 0.5) is 5.82 Å². The van der Waals surface area contributed by atoms with Crippen molar-refractivity contribution in [3.63, 3.8) is 0 Å². The molecule has 1 aromatic heterocycles. The fourth-order valence-corrected chi connectivity index (χ4v) is 1.88. The van der Waals surface area contributed by atoms with Gasteiger partial charge in [-0.2, -0.15) is 0 Å². The molecule has 0 bridgehead atoms. The number of pyridine rings is 1. The van der Waals surface area contributed by atoms with E-state index in [2.05, 4.69) is 59.7 Å². The van der Waals surface area contributed by atoms with Gasteiger partial charge in [0.25, 0.3) is 0 Å². The molecule has 2 nitrogen and oxygen atoms in total. The van der Waals surface area contributed by atoms with Gasteiger partial charge in [0.2, 0.25) is 0 Å². The molecular formula is C17H20N2. The number of allylic oxidation sites excluding steroid dienone is 1. The van der Waals surface area contributed by atoms with E-state index in [4.69, 9.17) is 0 Å². The minimum absolute atomic E-state index is 0.955. The zero-order valence-corrected chi connectivity index (χ0v) is 11.3. The van der Waals surface area contributed by atoms with Crippen LogP contribution < -0.4 is 5.32 Å². The summed E-state index contributed by atoms with van der Waals surface area (Å²) in [6.45, 7) is 3.03. The Balaban J connectivity index is 1.68. The number of benzene rings is 1. The predicted octanol–water partition coefficient (Wildman–Crippen LogP) is 4.30. The predicted molar refractivity (Wildman–Crippen MR) is 82.2 cm³/mol. The van der Waals surface area contributed by atoms with Crippen LogP contribution >= 0.6 is 0 Å². The van der Waals surface area contributed by atoms with Crippen LogP contribution in [0.25, 0.3) is 6.08 Å². The average molecular weight is 252 g/mol. The monoisotopic (exact) mass is 252 g/mol. The van der Waals surface area contributed by atoms with Crippen LogP contribution in [0, 0.1) is 6.92 Å². The van der Waals surface area contributed by atoms with E-state index in [1.165, 1.54) is 11.1 Å². The van der Waals surface area contributed by atoms with Gasteiger partial charge in [-0.3, -0.25) is 0 Å². The maximum atomic E-state index is 4.31. The Hall–Kier alpha value is -2.09. The highest BCUT2D eigenvalue weighted by molar-refractivity contribution is 5.48. The van der Waals surface area contributed by atoms with Crippen LogP contribution in [0.5, 0.6) is 0 Å². The molecule has 1 heterocycles. The van der Waals surface area contributed by atoms with E-state index in [0.29, 0.717) is 0 Å². The SMILES string of the molecule is Cc1cccnc1NCCCC=Cc1ccccc1. The summed E-state index contributed by atoms with van der Waals surface area (Å²) in [6, 6.07) is 14.4. The normalized spacial score (nSPS) is 10.8. The van der Waals surface area contributed by atoms with Gasteiger partial charge in [0.1, 0.15) is 5.82 Å². The first-order valence-corrected chi connectivity index (χ1v) is 6.73. The molecule has 0 saturated carbocycles. The van der Waals surface area contributed by atoms with Crippen molar-refractivity contribution in [3.05, 3.63) is 65.9 Å². The summed E-state index contributed by atoms with van der Waals surface area (Å²) in [7, 11) is 0. The number of rotatable bonds is 6. The quantitative estimate of drug-likeness (QED) is 0.775. The van der Waals surface area contributed by atoms with Crippen LogP contribution in [0.2, 0.25) is 0 Å². The molecule has 0 atom stereocenters. The van der Waals surface area contributed by atoms with E-state index in [1.54, 1.807) is 0 Å². The molecule has 0 aliphatic heterocycles. The van der Waals surface area contributed by atoms with Crippen LogP contribution in [-0.2, 0) is 0 Å². The van der Waals surface area contributed by atoms with E-state index in [-0.39, 0.29) is 0 Å². The van der Waals surface area contributed by atoms with Crippen LogP contribution in [0.1, 0.15) is 24.0 Å². The highest BCUT2D eigenvalue weighted by Crippen LogP contribution is 2.09. The van der Waals surface area contributed by atoms with Gasteiger partial charge in [0, 0.05) is 12.7 Å². The molecule has 0 saturated heterocycles. The number of hydrogen-bond acceptors (Lipinski definition) is 2. The molecule has 2 rings (SSSR count). The Kier molecular flexibility index (Phi) is 5.17. The van der Waals surface area contributed by atoms with Gasteiger partial charge in [-0.05, 0) is 37.0 Å². The second-order valence-corrected chi connectivity index (χ2v) is 4.55. The summed E-state index contributed by atoms with van der Waals surface area (Å²) in [5, 5.41) is 3.37. The minimum Gasteiger partial charge on any atom is -0.370 e. The molecule has 0 unspecified atom stereocenters. The Bertz CT molecular complexity index is 518. The lowest BCUT2D eigenvalue weighted by atomic mass is 10.2. The standard InChI is InChI=1S/C17H20N2/c1-15-9-8-14-19-17(15)18-13-7-3-6-12-16-10-4-2-5-11-16/h2,4-6,8-12,14H,3,7,13H2,1H3,(H,18,19). The largest absolute Gasteiger partial charge is 0.370 e. The summed E-state index contributed by atoms with van der Waals surface area (Å²) in [5.41, 5.74) is 2.46. The molecule has 0 fully saturated rings. The summed E-state index contributed by atoms with van der Waals surface area (Å²) in [4.78, 5) is 4.31. The number of hydrogen-bond donors (Lipinski definition) is 1. The van der Waals surface area contributed by atoms with E-state index < -0.39 is 0 Å². The second kappa shape index (κ2) is 7.37. The van der Waals surface area contributed by atoms with E-state index >= 15 is 0 Å². The molecule has 19 heavy (non-hydrogen) atoms. The molecule has 1 aromatic carbocycles. The van der Waals surface area contributed by atoms with Crippen molar-refractivity contribution in [2.24, 2.45) is 0 Å². The third-order valence-corrected chi connectivity index (χ3v) is 2.96. The van der Waals surface area contributed by atoms with Crippen molar-refractivity contribution in [1.29, 1.82) is 0 Å². The topological polar surface area (TPSA) is 24.9 Å². The fraction of sp³-hybridized carbons (Fsp3) is 0.235. The third kappa shape index (κ3) is 4.59. The maximum Gasteiger partial charge on any atom is 0.128 e. The molecule has 98 valence electrons.